The molecule has 2 heteroatoms. The predicted octanol–water partition coefficient (Wildman–Crippen LogP) is 2.78. The minimum Gasteiger partial charge on any atom is -0.299 e. The van der Waals surface area contributed by atoms with Crippen LogP contribution in [0.25, 0.3) is 0 Å². The lowest BCUT2D eigenvalue weighted by Gasteiger charge is -2.34. The van der Waals surface area contributed by atoms with Crippen LogP contribution in [-0.2, 0) is 4.79 Å². The van der Waals surface area contributed by atoms with E-state index in [0.717, 1.165) is 18.2 Å². The highest BCUT2D eigenvalue weighted by atomic mass is 79.9. The molecule has 2 aliphatic rings. The molecule has 1 unspecified atom stereocenters. The van der Waals surface area contributed by atoms with E-state index in [9.17, 15) is 4.79 Å². The van der Waals surface area contributed by atoms with Crippen LogP contribution in [0.2, 0.25) is 0 Å². The van der Waals surface area contributed by atoms with Crippen LogP contribution in [-0.4, -0.2) is 11.1 Å². The molecule has 2 aliphatic carbocycles. The molecule has 0 spiro atoms. The average Bonchev–Trinajstić information content (AvgIpc) is 2.36. The molecular weight excluding hydrogens is 216 g/mol. The minimum absolute atomic E-state index is 0.0162. The molecule has 0 saturated heterocycles. The lowest BCUT2D eigenvalue weighted by atomic mass is 9.70. The highest BCUT2D eigenvalue weighted by Gasteiger charge is 2.63. The topological polar surface area (TPSA) is 17.1 Å². The summed E-state index contributed by atoms with van der Waals surface area (Å²) in [4.78, 5) is 11.8. The van der Waals surface area contributed by atoms with Crippen molar-refractivity contribution >= 4 is 21.7 Å². The molecule has 2 fully saturated rings. The number of Topliss-reactive ketones (excluding diaryl/α,β-unsaturated/α-hetero) is 1. The summed E-state index contributed by atoms with van der Waals surface area (Å²) in [5.41, 5.74) is 0.227. The summed E-state index contributed by atoms with van der Waals surface area (Å²) in [6, 6.07) is 0. The zero-order valence-corrected chi connectivity index (χ0v) is 9.28. The van der Waals surface area contributed by atoms with Gasteiger partial charge in [-0.05, 0) is 24.2 Å². The maximum absolute atomic E-state index is 11.8. The van der Waals surface area contributed by atoms with Gasteiger partial charge in [-0.1, -0.05) is 29.8 Å². The molecule has 0 N–H and O–H groups in total. The first kappa shape index (κ1) is 8.74. The number of ketones is 1. The second kappa shape index (κ2) is 2.34. The van der Waals surface area contributed by atoms with E-state index in [1.807, 2.05) is 0 Å². The second-order valence-electron chi connectivity index (χ2n) is 4.80. The van der Waals surface area contributed by atoms with Gasteiger partial charge in [-0.2, -0.15) is 0 Å². The largest absolute Gasteiger partial charge is 0.299 e. The lowest BCUT2D eigenvalue weighted by molar-refractivity contribution is -0.127. The van der Waals surface area contributed by atoms with Crippen molar-refractivity contribution in [2.75, 3.05) is 5.33 Å². The summed E-state index contributed by atoms with van der Waals surface area (Å²) in [5.74, 6) is 1.16. The first-order valence-corrected chi connectivity index (χ1v) is 5.76. The summed E-state index contributed by atoms with van der Waals surface area (Å²) < 4.78 is 0. The maximum Gasteiger partial charge on any atom is 0.140 e. The Balaban J connectivity index is 2.46. The minimum atomic E-state index is -0.0162. The normalized spacial score (nSPS) is 43.9. The van der Waals surface area contributed by atoms with E-state index in [-0.39, 0.29) is 10.8 Å². The van der Waals surface area contributed by atoms with Gasteiger partial charge in [0.15, 0.2) is 0 Å². The SMILES string of the molecule is CC1(C)C2CC[C@@]1(CBr)C(=O)C2. The van der Waals surface area contributed by atoms with Crippen LogP contribution in [0.4, 0.5) is 0 Å². The van der Waals surface area contributed by atoms with Gasteiger partial charge in [0.25, 0.3) is 0 Å². The molecule has 12 heavy (non-hydrogen) atoms. The van der Waals surface area contributed by atoms with Crippen molar-refractivity contribution < 1.29 is 4.79 Å². The fraction of sp³-hybridized carbons (Fsp3) is 0.900. The average molecular weight is 231 g/mol. The Bertz CT molecular complexity index is 234. The number of fused-ring (bicyclic) bond motifs is 2. The zero-order chi connectivity index (χ0) is 8.98. The van der Waals surface area contributed by atoms with Crippen molar-refractivity contribution in [3.05, 3.63) is 0 Å². The second-order valence-corrected chi connectivity index (χ2v) is 5.36. The monoisotopic (exact) mass is 230 g/mol. The molecule has 2 bridgehead atoms. The molecule has 0 amide bonds. The molecule has 0 aliphatic heterocycles. The summed E-state index contributed by atoms with van der Waals surface area (Å²) in [7, 11) is 0. The van der Waals surface area contributed by atoms with E-state index >= 15 is 0 Å². The summed E-state index contributed by atoms with van der Waals surface area (Å²) in [6.07, 6.45) is 3.19. The molecule has 0 aromatic rings. The van der Waals surface area contributed by atoms with Crippen molar-refractivity contribution in [2.45, 2.75) is 33.1 Å². The number of hydrogen-bond acceptors (Lipinski definition) is 1. The Hall–Kier alpha value is 0.150. The highest BCUT2D eigenvalue weighted by Crippen LogP contribution is 2.64. The molecular formula is C10H15BrO. The van der Waals surface area contributed by atoms with Gasteiger partial charge in [-0.3, -0.25) is 4.79 Å². The van der Waals surface area contributed by atoms with E-state index in [2.05, 4.69) is 29.8 Å². The van der Waals surface area contributed by atoms with Gasteiger partial charge in [0.1, 0.15) is 5.78 Å². The Kier molecular flexibility index (Phi) is 1.70. The first-order chi connectivity index (χ1) is 5.54. The van der Waals surface area contributed by atoms with E-state index in [0.29, 0.717) is 11.7 Å². The van der Waals surface area contributed by atoms with Crippen LogP contribution in [0.1, 0.15) is 33.1 Å². The van der Waals surface area contributed by atoms with E-state index in [4.69, 9.17) is 0 Å². The van der Waals surface area contributed by atoms with Crippen LogP contribution in [0.15, 0.2) is 0 Å². The molecule has 1 nitrogen and oxygen atoms in total. The smallest absolute Gasteiger partial charge is 0.140 e. The van der Waals surface area contributed by atoms with E-state index < -0.39 is 0 Å². The van der Waals surface area contributed by atoms with Crippen molar-refractivity contribution in [1.82, 2.24) is 0 Å². The van der Waals surface area contributed by atoms with Gasteiger partial charge in [0.05, 0.1) is 0 Å². The van der Waals surface area contributed by atoms with Crippen LogP contribution in [0.3, 0.4) is 0 Å². The van der Waals surface area contributed by atoms with Crippen molar-refractivity contribution in [2.24, 2.45) is 16.7 Å². The Morgan fingerprint density at radius 1 is 1.58 bits per heavy atom. The molecule has 2 atom stereocenters. The van der Waals surface area contributed by atoms with Crippen molar-refractivity contribution in [3.8, 4) is 0 Å². The fourth-order valence-corrected chi connectivity index (χ4v) is 4.40. The summed E-state index contributed by atoms with van der Waals surface area (Å²) in [6.45, 7) is 4.52. The molecule has 0 heterocycles. The Labute approximate surface area is 82.0 Å². The maximum atomic E-state index is 11.8. The van der Waals surface area contributed by atoms with Gasteiger partial charge in [-0.25, -0.2) is 0 Å². The number of halogens is 1. The molecule has 68 valence electrons. The van der Waals surface area contributed by atoms with Gasteiger partial charge in [0.2, 0.25) is 0 Å². The fourth-order valence-electron chi connectivity index (χ4n) is 3.08. The first-order valence-electron chi connectivity index (χ1n) is 4.64. The molecule has 2 saturated carbocycles. The molecule has 2 rings (SSSR count). The van der Waals surface area contributed by atoms with Gasteiger partial charge in [-0.15, -0.1) is 0 Å². The van der Waals surface area contributed by atoms with Crippen LogP contribution >= 0.6 is 15.9 Å². The molecule has 0 aromatic heterocycles. The van der Waals surface area contributed by atoms with E-state index in [1.165, 1.54) is 6.42 Å². The van der Waals surface area contributed by atoms with Gasteiger partial charge in [0, 0.05) is 17.2 Å². The van der Waals surface area contributed by atoms with Crippen molar-refractivity contribution in [3.63, 3.8) is 0 Å². The number of carbonyl (C=O) groups excluding carboxylic acids is 1. The zero-order valence-electron chi connectivity index (χ0n) is 7.69. The standard InChI is InChI=1S/C10H15BrO/c1-9(2)7-3-4-10(9,6-11)8(12)5-7/h7H,3-6H2,1-2H3/t7?,10-/m1/s1. The highest BCUT2D eigenvalue weighted by molar-refractivity contribution is 9.09. The third-order valence-electron chi connectivity index (χ3n) is 4.37. The number of carbonyl (C=O) groups is 1. The van der Waals surface area contributed by atoms with E-state index in [1.54, 1.807) is 0 Å². The number of alkyl halides is 1. The quantitative estimate of drug-likeness (QED) is 0.634. The van der Waals surface area contributed by atoms with Crippen LogP contribution in [0, 0.1) is 16.7 Å². The third-order valence-corrected chi connectivity index (χ3v) is 5.32. The number of rotatable bonds is 1. The summed E-state index contributed by atoms with van der Waals surface area (Å²) in [5, 5.41) is 0.863. The Morgan fingerprint density at radius 3 is 2.50 bits per heavy atom. The third kappa shape index (κ3) is 0.729. The van der Waals surface area contributed by atoms with Crippen molar-refractivity contribution in [1.29, 1.82) is 0 Å². The Morgan fingerprint density at radius 2 is 2.25 bits per heavy atom. The van der Waals surface area contributed by atoms with Gasteiger partial charge < -0.3 is 0 Å². The molecule has 0 radical (unpaired) electrons. The van der Waals surface area contributed by atoms with Gasteiger partial charge >= 0.3 is 0 Å². The number of hydrogen-bond donors (Lipinski definition) is 0. The predicted molar refractivity (Wildman–Crippen MR) is 52.4 cm³/mol. The lowest BCUT2D eigenvalue weighted by Crippen LogP contribution is -2.37. The van der Waals surface area contributed by atoms with Crippen LogP contribution < -0.4 is 0 Å². The molecule has 0 aromatic carbocycles. The van der Waals surface area contributed by atoms with Crippen LogP contribution in [0.5, 0.6) is 0 Å². The summed E-state index contributed by atoms with van der Waals surface area (Å²) >= 11 is 3.52.